The summed E-state index contributed by atoms with van der Waals surface area (Å²) in [7, 11) is 0.277. The molecule has 0 aliphatic carbocycles. The number of hydrogen-bond acceptors (Lipinski definition) is 3. The van der Waals surface area contributed by atoms with Crippen molar-refractivity contribution in [2.75, 3.05) is 7.05 Å². The Kier molecular flexibility index (Phi) is 4.11. The van der Waals surface area contributed by atoms with Crippen LogP contribution in [-0.2, 0) is 16.1 Å². The summed E-state index contributed by atoms with van der Waals surface area (Å²) >= 11 is 0. The van der Waals surface area contributed by atoms with Crippen LogP contribution in [0, 0.1) is 0 Å². The van der Waals surface area contributed by atoms with Crippen LogP contribution in [0.4, 0.5) is 0 Å². The van der Waals surface area contributed by atoms with E-state index in [0.717, 1.165) is 5.56 Å². The molecular weight excluding hydrogens is 268 g/mol. The fourth-order valence-corrected chi connectivity index (χ4v) is 3.45. The molecule has 1 aliphatic rings. The van der Waals surface area contributed by atoms with E-state index in [0.29, 0.717) is 6.54 Å². The van der Waals surface area contributed by atoms with Crippen LogP contribution in [0.25, 0.3) is 0 Å². The Morgan fingerprint density at radius 1 is 1.20 bits per heavy atom. The number of imide groups is 1. The van der Waals surface area contributed by atoms with Gasteiger partial charge in [0.1, 0.15) is 0 Å². The number of rotatable bonds is 4. The van der Waals surface area contributed by atoms with Gasteiger partial charge < -0.3 is 5.32 Å². The van der Waals surface area contributed by atoms with Gasteiger partial charge in [0.2, 0.25) is 11.8 Å². The van der Waals surface area contributed by atoms with Gasteiger partial charge in [0, 0.05) is 13.6 Å². The predicted molar refractivity (Wildman–Crippen MR) is 82.4 cm³/mol. The number of carbonyl (C=O) groups is 2. The van der Waals surface area contributed by atoms with Crippen LogP contribution in [0.3, 0.4) is 0 Å². The predicted octanol–water partition coefficient (Wildman–Crippen LogP) is 1.08. The molecule has 1 N–H and O–H groups in total. The minimum Gasteiger partial charge on any atom is -0.301 e. The topological polar surface area (TPSA) is 49.4 Å². The number of carbonyl (C=O) groups excluding carboxylic acids is 2. The SMILES string of the molecule is CN1C(=O)CC(NCc2ccc([Si](C)(C)C)cc2)C1=O. The summed E-state index contributed by atoms with van der Waals surface area (Å²) in [5.41, 5.74) is 1.14. The number of hydrogen-bond donors (Lipinski definition) is 1. The second-order valence-electron chi connectivity index (χ2n) is 6.38. The molecule has 1 unspecified atom stereocenters. The highest BCUT2D eigenvalue weighted by molar-refractivity contribution is 6.88. The van der Waals surface area contributed by atoms with Crippen LogP contribution in [0.15, 0.2) is 24.3 Å². The average Bonchev–Trinajstić information content (AvgIpc) is 2.63. The quantitative estimate of drug-likeness (QED) is 0.667. The average molecular weight is 290 g/mol. The van der Waals surface area contributed by atoms with Crippen molar-refractivity contribution in [1.82, 2.24) is 10.2 Å². The summed E-state index contributed by atoms with van der Waals surface area (Å²) < 4.78 is 0. The van der Waals surface area contributed by atoms with Crippen LogP contribution in [0.5, 0.6) is 0 Å². The Labute approximate surface area is 121 Å². The summed E-state index contributed by atoms with van der Waals surface area (Å²) in [6, 6.07) is 8.19. The number of nitrogens with zero attached hydrogens (tertiary/aromatic N) is 1. The lowest BCUT2D eigenvalue weighted by Crippen LogP contribution is -2.38. The maximum absolute atomic E-state index is 11.8. The molecule has 0 spiro atoms. The third kappa shape index (κ3) is 3.16. The minimum atomic E-state index is -1.26. The van der Waals surface area contributed by atoms with Crippen LogP contribution in [-0.4, -0.2) is 37.9 Å². The van der Waals surface area contributed by atoms with Crippen molar-refractivity contribution >= 4 is 25.1 Å². The first-order valence-electron chi connectivity index (χ1n) is 6.92. The normalized spacial score (nSPS) is 19.8. The molecular formula is C15H22N2O2Si. The molecule has 2 rings (SSSR count). The summed E-state index contributed by atoms with van der Waals surface area (Å²) in [6.45, 7) is 7.57. The van der Waals surface area contributed by atoms with Crippen molar-refractivity contribution in [3.05, 3.63) is 29.8 Å². The summed E-state index contributed by atoms with van der Waals surface area (Å²) in [5.74, 6) is -0.240. The molecule has 1 saturated heterocycles. The van der Waals surface area contributed by atoms with E-state index in [1.165, 1.54) is 17.1 Å². The van der Waals surface area contributed by atoms with Crippen LogP contribution in [0.2, 0.25) is 19.6 Å². The van der Waals surface area contributed by atoms with Crippen LogP contribution >= 0.6 is 0 Å². The smallest absolute Gasteiger partial charge is 0.246 e. The van der Waals surface area contributed by atoms with E-state index < -0.39 is 8.07 Å². The second kappa shape index (κ2) is 5.50. The number of likely N-dealkylation sites (tertiary alicyclic amines) is 1. The van der Waals surface area contributed by atoms with Crippen LogP contribution in [0.1, 0.15) is 12.0 Å². The Morgan fingerprint density at radius 3 is 2.25 bits per heavy atom. The summed E-state index contributed by atoms with van der Waals surface area (Å²) in [5, 5.41) is 4.59. The van der Waals surface area contributed by atoms with E-state index in [1.807, 2.05) is 0 Å². The van der Waals surface area contributed by atoms with Gasteiger partial charge in [-0.3, -0.25) is 14.5 Å². The number of amides is 2. The standard InChI is InChI=1S/C15H22N2O2Si/c1-17-14(18)9-13(15(17)19)16-10-11-5-7-12(8-6-11)20(2,3)4/h5-8,13,16H,9-10H2,1-4H3. The number of nitrogens with one attached hydrogen (secondary N) is 1. The molecule has 0 radical (unpaired) electrons. The molecule has 1 heterocycles. The van der Waals surface area contributed by atoms with Crippen molar-refractivity contribution < 1.29 is 9.59 Å². The molecule has 2 amide bonds. The van der Waals surface area contributed by atoms with Gasteiger partial charge >= 0.3 is 0 Å². The van der Waals surface area contributed by atoms with Gasteiger partial charge in [-0.15, -0.1) is 0 Å². The molecule has 108 valence electrons. The molecule has 0 bridgehead atoms. The van der Waals surface area contributed by atoms with E-state index in [1.54, 1.807) is 0 Å². The van der Waals surface area contributed by atoms with Gasteiger partial charge in [-0.05, 0) is 5.56 Å². The van der Waals surface area contributed by atoms with E-state index in [9.17, 15) is 9.59 Å². The monoisotopic (exact) mass is 290 g/mol. The molecule has 4 nitrogen and oxygen atoms in total. The third-order valence-corrected chi connectivity index (χ3v) is 5.82. The van der Waals surface area contributed by atoms with Crippen molar-refractivity contribution in [1.29, 1.82) is 0 Å². The van der Waals surface area contributed by atoms with E-state index in [4.69, 9.17) is 0 Å². The van der Waals surface area contributed by atoms with Gasteiger partial charge in [-0.25, -0.2) is 0 Å². The maximum Gasteiger partial charge on any atom is 0.246 e. The van der Waals surface area contributed by atoms with Gasteiger partial charge in [-0.2, -0.15) is 0 Å². The van der Waals surface area contributed by atoms with Crippen molar-refractivity contribution in [2.24, 2.45) is 0 Å². The molecule has 1 aromatic rings. The molecule has 5 heteroatoms. The van der Waals surface area contributed by atoms with Crippen molar-refractivity contribution in [2.45, 2.75) is 38.6 Å². The molecule has 0 saturated carbocycles. The summed E-state index contributed by atoms with van der Waals surface area (Å²) in [4.78, 5) is 24.4. The minimum absolute atomic E-state index is 0.110. The van der Waals surface area contributed by atoms with E-state index in [-0.39, 0.29) is 24.3 Å². The highest BCUT2D eigenvalue weighted by Crippen LogP contribution is 2.11. The largest absolute Gasteiger partial charge is 0.301 e. The first kappa shape index (κ1) is 14.9. The van der Waals surface area contributed by atoms with Gasteiger partial charge in [0.25, 0.3) is 0 Å². The van der Waals surface area contributed by atoms with Crippen LogP contribution < -0.4 is 10.5 Å². The zero-order valence-corrected chi connectivity index (χ0v) is 13.6. The van der Waals surface area contributed by atoms with Crippen molar-refractivity contribution in [3.8, 4) is 0 Å². The highest BCUT2D eigenvalue weighted by Gasteiger charge is 2.35. The Morgan fingerprint density at radius 2 is 1.80 bits per heavy atom. The fraction of sp³-hybridized carbons (Fsp3) is 0.467. The third-order valence-electron chi connectivity index (χ3n) is 3.75. The van der Waals surface area contributed by atoms with E-state index >= 15 is 0 Å². The summed E-state index contributed by atoms with van der Waals surface area (Å²) in [6.07, 6.45) is 0.266. The van der Waals surface area contributed by atoms with Crippen molar-refractivity contribution in [3.63, 3.8) is 0 Å². The first-order chi connectivity index (χ1) is 9.29. The molecule has 1 fully saturated rings. The molecule has 1 aromatic carbocycles. The molecule has 1 aliphatic heterocycles. The lowest BCUT2D eigenvalue weighted by Gasteiger charge is -2.17. The first-order valence-corrected chi connectivity index (χ1v) is 10.4. The second-order valence-corrected chi connectivity index (χ2v) is 11.5. The lowest BCUT2D eigenvalue weighted by molar-refractivity contribution is -0.137. The number of likely N-dealkylation sites (N-methyl/N-ethyl adjacent to an activating group) is 1. The van der Waals surface area contributed by atoms with E-state index in [2.05, 4.69) is 49.2 Å². The molecule has 0 aromatic heterocycles. The Balaban J connectivity index is 1.95. The zero-order chi connectivity index (χ0) is 14.9. The fourth-order valence-electron chi connectivity index (χ4n) is 2.28. The lowest BCUT2D eigenvalue weighted by atomic mass is 10.2. The van der Waals surface area contributed by atoms with Gasteiger partial charge in [0.15, 0.2) is 0 Å². The molecule has 20 heavy (non-hydrogen) atoms. The molecule has 1 atom stereocenters. The van der Waals surface area contributed by atoms with Gasteiger partial charge in [0.05, 0.1) is 20.5 Å². The zero-order valence-electron chi connectivity index (χ0n) is 12.6. The van der Waals surface area contributed by atoms with Gasteiger partial charge in [-0.1, -0.05) is 49.1 Å². The Bertz CT molecular complexity index is 520. The Hall–Kier alpha value is -1.46. The number of benzene rings is 1. The highest BCUT2D eigenvalue weighted by atomic mass is 28.3. The maximum atomic E-state index is 11.8.